The average Bonchev–Trinajstić information content (AvgIpc) is 3.02. The number of pyridine rings is 1. The lowest BCUT2D eigenvalue weighted by atomic mass is 9.69. The first-order valence-corrected chi connectivity index (χ1v) is 8.76. The Morgan fingerprint density at radius 1 is 1.43 bits per heavy atom. The number of hydrogen-bond acceptors (Lipinski definition) is 2. The average molecular weight is 307 g/mol. The van der Waals surface area contributed by atoms with Crippen molar-refractivity contribution in [3.8, 4) is 0 Å². The Hall–Kier alpha value is -0.600. The Morgan fingerprint density at radius 2 is 2.29 bits per heavy atom. The van der Waals surface area contributed by atoms with Crippen LogP contribution in [0, 0.1) is 23.2 Å². The minimum atomic E-state index is 0.419. The molecule has 2 saturated carbocycles. The van der Waals surface area contributed by atoms with E-state index in [2.05, 4.69) is 30.2 Å². The fourth-order valence-corrected chi connectivity index (χ4v) is 4.78. The summed E-state index contributed by atoms with van der Waals surface area (Å²) >= 11 is 6.37. The zero-order chi connectivity index (χ0) is 14.9. The smallest absolute Gasteiger partial charge is 0.0621 e. The van der Waals surface area contributed by atoms with Gasteiger partial charge in [-0.05, 0) is 67.0 Å². The van der Waals surface area contributed by atoms with Crippen molar-refractivity contribution in [3.63, 3.8) is 0 Å². The molecule has 2 fully saturated rings. The van der Waals surface area contributed by atoms with Crippen molar-refractivity contribution in [2.45, 2.75) is 46.0 Å². The van der Waals surface area contributed by atoms with Gasteiger partial charge in [0.15, 0.2) is 0 Å². The van der Waals surface area contributed by atoms with E-state index in [1.807, 2.05) is 6.20 Å². The fraction of sp³-hybridized carbons (Fsp3) is 0.722. The highest BCUT2D eigenvalue weighted by Crippen LogP contribution is 2.57. The van der Waals surface area contributed by atoms with Crippen LogP contribution in [0.1, 0.15) is 45.1 Å². The van der Waals surface area contributed by atoms with Crippen LogP contribution in [0.25, 0.3) is 0 Å². The number of halogens is 1. The number of aromatic nitrogens is 1. The van der Waals surface area contributed by atoms with Crippen LogP contribution in [-0.2, 0) is 6.42 Å². The third-order valence-electron chi connectivity index (χ3n) is 5.53. The fourth-order valence-electron chi connectivity index (χ4n) is 4.59. The first-order valence-electron chi connectivity index (χ1n) is 8.38. The molecule has 2 aliphatic rings. The lowest BCUT2D eigenvalue weighted by Crippen LogP contribution is -2.41. The molecule has 3 rings (SSSR count). The molecule has 3 atom stereocenters. The molecule has 2 nitrogen and oxygen atoms in total. The molecule has 1 aromatic heterocycles. The van der Waals surface area contributed by atoms with E-state index in [4.69, 9.17) is 11.6 Å². The molecule has 1 aromatic rings. The predicted octanol–water partition coefficient (Wildman–Crippen LogP) is 4.33. The summed E-state index contributed by atoms with van der Waals surface area (Å²) in [7, 11) is 0. The van der Waals surface area contributed by atoms with E-state index in [0.29, 0.717) is 11.3 Å². The molecule has 0 aliphatic heterocycles. The van der Waals surface area contributed by atoms with Crippen molar-refractivity contribution >= 4 is 11.6 Å². The summed E-state index contributed by atoms with van der Waals surface area (Å²) in [5.74, 6) is 2.55. The zero-order valence-electron chi connectivity index (χ0n) is 13.2. The van der Waals surface area contributed by atoms with Crippen LogP contribution in [0.5, 0.6) is 0 Å². The topological polar surface area (TPSA) is 24.9 Å². The van der Waals surface area contributed by atoms with Gasteiger partial charge in [-0.15, -0.1) is 0 Å². The van der Waals surface area contributed by atoms with E-state index >= 15 is 0 Å². The SMILES string of the molecule is CC(C)CNCC1(Cc2ccncc2Cl)CC2CCC1C2. The lowest BCUT2D eigenvalue weighted by Gasteiger charge is -2.39. The lowest BCUT2D eigenvalue weighted by molar-refractivity contribution is 0.155. The van der Waals surface area contributed by atoms with E-state index in [9.17, 15) is 0 Å². The van der Waals surface area contributed by atoms with Crippen LogP contribution in [0.4, 0.5) is 0 Å². The van der Waals surface area contributed by atoms with Gasteiger partial charge in [-0.2, -0.15) is 0 Å². The van der Waals surface area contributed by atoms with Crippen LogP contribution in [-0.4, -0.2) is 18.1 Å². The van der Waals surface area contributed by atoms with Crippen LogP contribution >= 0.6 is 11.6 Å². The Bertz CT molecular complexity index is 488. The molecule has 3 heteroatoms. The summed E-state index contributed by atoms with van der Waals surface area (Å²) < 4.78 is 0. The Labute approximate surface area is 133 Å². The summed E-state index contributed by atoms with van der Waals surface area (Å²) in [5, 5.41) is 4.57. The molecular weight excluding hydrogens is 280 g/mol. The van der Waals surface area contributed by atoms with Crippen molar-refractivity contribution < 1.29 is 0 Å². The summed E-state index contributed by atoms with van der Waals surface area (Å²) in [6.07, 6.45) is 10.5. The maximum atomic E-state index is 6.37. The van der Waals surface area contributed by atoms with E-state index in [1.54, 1.807) is 6.20 Å². The highest BCUT2D eigenvalue weighted by molar-refractivity contribution is 6.31. The molecule has 0 aromatic carbocycles. The van der Waals surface area contributed by atoms with Crippen LogP contribution in [0.2, 0.25) is 5.02 Å². The molecule has 0 spiro atoms. The molecule has 1 heterocycles. The van der Waals surface area contributed by atoms with Crippen molar-refractivity contribution in [2.75, 3.05) is 13.1 Å². The Morgan fingerprint density at radius 3 is 2.90 bits per heavy atom. The first-order chi connectivity index (χ1) is 10.1. The molecule has 0 saturated heterocycles. The molecule has 0 radical (unpaired) electrons. The van der Waals surface area contributed by atoms with Gasteiger partial charge < -0.3 is 5.32 Å². The van der Waals surface area contributed by atoms with Gasteiger partial charge in [0.05, 0.1) is 5.02 Å². The van der Waals surface area contributed by atoms with Gasteiger partial charge >= 0.3 is 0 Å². The third-order valence-corrected chi connectivity index (χ3v) is 5.87. The van der Waals surface area contributed by atoms with E-state index in [-0.39, 0.29) is 0 Å². The Balaban J connectivity index is 1.75. The zero-order valence-corrected chi connectivity index (χ0v) is 14.0. The second kappa shape index (κ2) is 6.26. The number of fused-ring (bicyclic) bond motifs is 2. The van der Waals surface area contributed by atoms with Gasteiger partial charge in [-0.3, -0.25) is 4.98 Å². The molecule has 21 heavy (non-hydrogen) atoms. The summed E-state index contributed by atoms with van der Waals surface area (Å²) in [6.45, 7) is 6.81. The molecule has 0 amide bonds. The second-order valence-corrected chi connectivity index (χ2v) is 8.02. The third kappa shape index (κ3) is 3.27. The van der Waals surface area contributed by atoms with Crippen LogP contribution in [0.3, 0.4) is 0 Å². The molecular formula is C18H27ClN2. The Kier molecular flexibility index (Phi) is 4.56. The summed E-state index contributed by atoms with van der Waals surface area (Å²) in [5.41, 5.74) is 1.70. The van der Waals surface area contributed by atoms with Crippen molar-refractivity contribution in [2.24, 2.45) is 23.2 Å². The maximum Gasteiger partial charge on any atom is 0.0621 e. The molecule has 3 unspecified atom stereocenters. The van der Waals surface area contributed by atoms with E-state index in [1.165, 1.54) is 31.2 Å². The summed E-state index contributed by atoms with van der Waals surface area (Å²) in [4.78, 5) is 4.13. The van der Waals surface area contributed by atoms with Gasteiger partial charge in [-0.25, -0.2) is 0 Å². The van der Waals surface area contributed by atoms with Gasteiger partial charge in [0.2, 0.25) is 0 Å². The normalized spacial score (nSPS) is 31.2. The van der Waals surface area contributed by atoms with Gasteiger partial charge in [0.1, 0.15) is 0 Å². The number of hydrogen-bond donors (Lipinski definition) is 1. The molecule has 1 N–H and O–H groups in total. The number of rotatable bonds is 6. The predicted molar refractivity (Wildman–Crippen MR) is 88.5 cm³/mol. The van der Waals surface area contributed by atoms with Crippen molar-refractivity contribution in [1.82, 2.24) is 10.3 Å². The van der Waals surface area contributed by atoms with Crippen molar-refractivity contribution in [1.29, 1.82) is 0 Å². The molecule has 116 valence electrons. The largest absolute Gasteiger partial charge is 0.316 e. The number of nitrogens with one attached hydrogen (secondary N) is 1. The first kappa shape index (κ1) is 15.3. The van der Waals surface area contributed by atoms with Crippen LogP contribution < -0.4 is 5.32 Å². The van der Waals surface area contributed by atoms with Crippen molar-refractivity contribution in [3.05, 3.63) is 29.0 Å². The standard InChI is InChI=1S/C18H27ClN2/c1-13(2)10-21-12-18(8-14-3-4-16(18)7-14)9-15-5-6-20-11-17(15)19/h5-6,11,13-14,16,21H,3-4,7-10,12H2,1-2H3. The van der Waals surface area contributed by atoms with Crippen LogP contribution in [0.15, 0.2) is 18.5 Å². The molecule has 2 aliphatic carbocycles. The highest BCUT2D eigenvalue weighted by Gasteiger charge is 2.50. The monoisotopic (exact) mass is 306 g/mol. The number of nitrogens with zero attached hydrogens (tertiary/aromatic N) is 1. The van der Waals surface area contributed by atoms with Gasteiger partial charge in [-0.1, -0.05) is 31.9 Å². The second-order valence-electron chi connectivity index (χ2n) is 7.61. The maximum absolute atomic E-state index is 6.37. The van der Waals surface area contributed by atoms with Gasteiger partial charge in [0, 0.05) is 18.9 Å². The van der Waals surface area contributed by atoms with E-state index in [0.717, 1.165) is 36.4 Å². The molecule has 2 bridgehead atoms. The van der Waals surface area contributed by atoms with Gasteiger partial charge in [0.25, 0.3) is 0 Å². The minimum Gasteiger partial charge on any atom is -0.316 e. The quantitative estimate of drug-likeness (QED) is 0.846. The summed E-state index contributed by atoms with van der Waals surface area (Å²) in [6, 6.07) is 2.11. The highest BCUT2D eigenvalue weighted by atomic mass is 35.5. The minimum absolute atomic E-state index is 0.419. The van der Waals surface area contributed by atoms with E-state index < -0.39 is 0 Å².